The van der Waals surface area contributed by atoms with Crippen LogP contribution in [0, 0.1) is 0 Å². The van der Waals surface area contributed by atoms with Gasteiger partial charge in [0, 0.05) is 32.2 Å². The zero-order chi connectivity index (χ0) is 13.7. The van der Waals surface area contributed by atoms with Gasteiger partial charge in [0.25, 0.3) is 0 Å². The number of amides is 1. The summed E-state index contributed by atoms with van der Waals surface area (Å²) in [5, 5.41) is 2.87. The molecule has 1 atom stereocenters. The summed E-state index contributed by atoms with van der Waals surface area (Å²) in [6.45, 7) is 6.78. The first-order chi connectivity index (χ1) is 9.16. The number of nitrogens with zero attached hydrogens (tertiary/aromatic N) is 1. The van der Waals surface area contributed by atoms with Gasteiger partial charge >= 0.3 is 0 Å². The Morgan fingerprint density at radius 1 is 1.21 bits per heavy atom. The Kier molecular flexibility index (Phi) is 4.83. The van der Waals surface area contributed by atoms with Crippen molar-refractivity contribution in [3.63, 3.8) is 0 Å². The van der Waals surface area contributed by atoms with Crippen molar-refractivity contribution in [1.29, 1.82) is 0 Å². The third-order valence-electron chi connectivity index (χ3n) is 3.84. The van der Waals surface area contributed by atoms with Gasteiger partial charge in [0.2, 0.25) is 5.91 Å². The van der Waals surface area contributed by atoms with Crippen LogP contribution in [0.1, 0.15) is 44.6 Å². The lowest BCUT2D eigenvalue weighted by Crippen LogP contribution is -2.29. The topological polar surface area (TPSA) is 32.3 Å². The van der Waals surface area contributed by atoms with Gasteiger partial charge in [0.05, 0.1) is 0 Å². The van der Waals surface area contributed by atoms with Gasteiger partial charge in [0.15, 0.2) is 0 Å². The van der Waals surface area contributed by atoms with Gasteiger partial charge in [-0.1, -0.05) is 19.1 Å². The van der Waals surface area contributed by atoms with Crippen LogP contribution in [-0.4, -0.2) is 25.5 Å². The van der Waals surface area contributed by atoms with Crippen LogP contribution in [0.3, 0.4) is 0 Å². The Hall–Kier alpha value is -1.51. The van der Waals surface area contributed by atoms with Gasteiger partial charge in [-0.25, -0.2) is 0 Å². The molecule has 104 valence electrons. The SMILES string of the molecule is CC(=O)NC[C@@H](C)c1ccc(N2CCCCC2)cc1. The number of rotatable bonds is 4. The lowest BCUT2D eigenvalue weighted by molar-refractivity contribution is -0.119. The third-order valence-corrected chi connectivity index (χ3v) is 3.84. The second-order valence-electron chi connectivity index (χ2n) is 5.48. The Labute approximate surface area is 116 Å². The zero-order valence-electron chi connectivity index (χ0n) is 12.0. The Morgan fingerprint density at radius 3 is 2.42 bits per heavy atom. The van der Waals surface area contributed by atoms with E-state index < -0.39 is 0 Å². The summed E-state index contributed by atoms with van der Waals surface area (Å²) < 4.78 is 0. The molecule has 1 amide bonds. The summed E-state index contributed by atoms with van der Waals surface area (Å²) in [7, 11) is 0. The molecule has 19 heavy (non-hydrogen) atoms. The van der Waals surface area contributed by atoms with E-state index in [-0.39, 0.29) is 5.91 Å². The molecule has 0 unspecified atom stereocenters. The highest BCUT2D eigenvalue weighted by molar-refractivity contribution is 5.72. The average molecular weight is 260 g/mol. The van der Waals surface area contributed by atoms with Crippen LogP contribution < -0.4 is 10.2 Å². The van der Waals surface area contributed by atoms with Crippen LogP contribution in [0.25, 0.3) is 0 Å². The molecule has 1 saturated heterocycles. The lowest BCUT2D eigenvalue weighted by atomic mass is 10.0. The fraction of sp³-hybridized carbons (Fsp3) is 0.562. The molecule has 0 aromatic heterocycles. The first kappa shape index (κ1) is 13.9. The van der Waals surface area contributed by atoms with Crippen molar-refractivity contribution in [3.05, 3.63) is 29.8 Å². The summed E-state index contributed by atoms with van der Waals surface area (Å²) in [6, 6.07) is 8.81. The van der Waals surface area contributed by atoms with E-state index in [1.54, 1.807) is 6.92 Å². The first-order valence-electron chi connectivity index (χ1n) is 7.26. The van der Waals surface area contributed by atoms with Gasteiger partial charge in [0.1, 0.15) is 0 Å². The molecule has 1 heterocycles. The molecule has 3 nitrogen and oxygen atoms in total. The van der Waals surface area contributed by atoms with Crippen LogP contribution in [0.15, 0.2) is 24.3 Å². The van der Waals surface area contributed by atoms with Crippen LogP contribution in [0.5, 0.6) is 0 Å². The van der Waals surface area contributed by atoms with Crippen LogP contribution >= 0.6 is 0 Å². The normalized spacial score (nSPS) is 17.1. The second kappa shape index (κ2) is 6.60. The molecule has 1 N–H and O–H groups in total. The van der Waals surface area contributed by atoms with Gasteiger partial charge in [-0.05, 0) is 42.9 Å². The third kappa shape index (κ3) is 3.98. The molecule has 1 aliphatic rings. The minimum Gasteiger partial charge on any atom is -0.372 e. The zero-order valence-corrected chi connectivity index (χ0v) is 12.0. The Balaban J connectivity index is 1.95. The standard InChI is InChI=1S/C16H24N2O/c1-13(12-17-14(2)19)15-6-8-16(9-7-15)18-10-4-3-5-11-18/h6-9,13H,3-5,10-12H2,1-2H3,(H,17,19)/t13-/m1/s1. The van der Waals surface area contributed by atoms with E-state index in [1.807, 2.05) is 0 Å². The largest absolute Gasteiger partial charge is 0.372 e. The molecule has 1 aromatic rings. The molecule has 0 aliphatic carbocycles. The Bertz CT molecular complexity index is 407. The predicted octanol–water partition coefficient (Wildman–Crippen LogP) is 2.92. The molecule has 1 fully saturated rings. The van der Waals surface area contributed by atoms with Crippen molar-refractivity contribution < 1.29 is 4.79 Å². The van der Waals surface area contributed by atoms with E-state index in [9.17, 15) is 4.79 Å². The monoisotopic (exact) mass is 260 g/mol. The van der Waals surface area contributed by atoms with E-state index in [1.165, 1.54) is 43.6 Å². The number of carbonyl (C=O) groups is 1. The van der Waals surface area contributed by atoms with Gasteiger partial charge < -0.3 is 10.2 Å². The molecule has 1 aromatic carbocycles. The van der Waals surface area contributed by atoms with Crippen molar-refractivity contribution in [3.8, 4) is 0 Å². The number of carbonyl (C=O) groups excluding carboxylic acids is 1. The number of hydrogen-bond acceptors (Lipinski definition) is 2. The van der Waals surface area contributed by atoms with E-state index >= 15 is 0 Å². The molecule has 0 radical (unpaired) electrons. The summed E-state index contributed by atoms with van der Waals surface area (Å²) in [6.07, 6.45) is 3.98. The molecule has 0 saturated carbocycles. The van der Waals surface area contributed by atoms with Crippen molar-refractivity contribution in [2.24, 2.45) is 0 Å². The van der Waals surface area contributed by atoms with E-state index in [2.05, 4.69) is 41.4 Å². The molecular weight excluding hydrogens is 236 g/mol. The number of piperidine rings is 1. The van der Waals surface area contributed by atoms with Crippen LogP contribution in [0.4, 0.5) is 5.69 Å². The van der Waals surface area contributed by atoms with E-state index in [0.29, 0.717) is 12.5 Å². The van der Waals surface area contributed by atoms with Crippen molar-refractivity contribution in [2.45, 2.75) is 39.0 Å². The van der Waals surface area contributed by atoms with Gasteiger partial charge in [-0.15, -0.1) is 0 Å². The van der Waals surface area contributed by atoms with E-state index in [0.717, 1.165) is 0 Å². The first-order valence-corrected chi connectivity index (χ1v) is 7.26. The number of benzene rings is 1. The minimum atomic E-state index is 0.0387. The van der Waals surface area contributed by atoms with Crippen molar-refractivity contribution in [1.82, 2.24) is 5.32 Å². The van der Waals surface area contributed by atoms with Crippen molar-refractivity contribution >= 4 is 11.6 Å². The summed E-state index contributed by atoms with van der Waals surface area (Å²) in [5.74, 6) is 0.399. The highest BCUT2D eigenvalue weighted by Crippen LogP contribution is 2.22. The maximum absolute atomic E-state index is 10.9. The molecule has 0 bridgehead atoms. The van der Waals surface area contributed by atoms with E-state index in [4.69, 9.17) is 0 Å². The fourth-order valence-electron chi connectivity index (χ4n) is 2.58. The second-order valence-corrected chi connectivity index (χ2v) is 5.48. The highest BCUT2D eigenvalue weighted by atomic mass is 16.1. The maximum Gasteiger partial charge on any atom is 0.216 e. The van der Waals surface area contributed by atoms with Crippen LogP contribution in [-0.2, 0) is 4.79 Å². The quantitative estimate of drug-likeness (QED) is 0.902. The molecule has 0 spiro atoms. The molecule has 2 rings (SSSR count). The van der Waals surface area contributed by atoms with Gasteiger partial charge in [-0.2, -0.15) is 0 Å². The summed E-state index contributed by atoms with van der Waals surface area (Å²) in [5.41, 5.74) is 2.62. The lowest BCUT2D eigenvalue weighted by Gasteiger charge is -2.29. The molecule has 1 aliphatic heterocycles. The maximum atomic E-state index is 10.9. The Morgan fingerprint density at radius 2 is 1.84 bits per heavy atom. The average Bonchev–Trinajstić information content (AvgIpc) is 2.46. The van der Waals surface area contributed by atoms with Gasteiger partial charge in [-0.3, -0.25) is 4.79 Å². The highest BCUT2D eigenvalue weighted by Gasteiger charge is 2.11. The van der Waals surface area contributed by atoms with Crippen LogP contribution in [0.2, 0.25) is 0 Å². The summed E-state index contributed by atoms with van der Waals surface area (Å²) >= 11 is 0. The molecule has 3 heteroatoms. The summed E-state index contributed by atoms with van der Waals surface area (Å²) in [4.78, 5) is 13.4. The molecular formula is C16H24N2O. The van der Waals surface area contributed by atoms with Crippen molar-refractivity contribution in [2.75, 3.05) is 24.5 Å². The number of anilines is 1. The number of hydrogen-bond donors (Lipinski definition) is 1. The smallest absolute Gasteiger partial charge is 0.216 e. The number of nitrogens with one attached hydrogen (secondary N) is 1. The minimum absolute atomic E-state index is 0.0387. The fourth-order valence-corrected chi connectivity index (χ4v) is 2.58. The predicted molar refractivity (Wildman–Crippen MR) is 79.6 cm³/mol.